The van der Waals surface area contributed by atoms with Gasteiger partial charge in [-0.2, -0.15) is 0 Å². The van der Waals surface area contributed by atoms with Crippen LogP contribution in [0.25, 0.3) is 5.65 Å². The first kappa shape index (κ1) is 15.1. The number of aromatic nitrogens is 3. The van der Waals surface area contributed by atoms with Crippen molar-refractivity contribution in [3.63, 3.8) is 0 Å². The minimum absolute atomic E-state index is 0.230. The molecule has 1 amide bonds. The van der Waals surface area contributed by atoms with E-state index >= 15 is 0 Å². The van der Waals surface area contributed by atoms with E-state index in [-0.39, 0.29) is 17.9 Å². The van der Waals surface area contributed by atoms with Gasteiger partial charge in [-0.25, -0.2) is 9.50 Å². The first-order valence-corrected chi connectivity index (χ1v) is 9.29. The summed E-state index contributed by atoms with van der Waals surface area (Å²) in [5, 5.41) is 4.64. The van der Waals surface area contributed by atoms with Gasteiger partial charge in [0.05, 0.1) is 25.0 Å². The van der Waals surface area contributed by atoms with Crippen molar-refractivity contribution in [2.24, 2.45) is 5.92 Å². The third kappa shape index (κ3) is 2.86. The monoisotopic (exact) mass is 341 g/mol. The number of rotatable bonds is 3. The lowest BCUT2D eigenvalue weighted by Crippen LogP contribution is -2.43. The molecule has 2 aliphatic heterocycles. The van der Waals surface area contributed by atoms with Crippen LogP contribution in [0, 0.1) is 5.92 Å². The van der Waals surface area contributed by atoms with Crippen LogP contribution in [-0.4, -0.2) is 58.2 Å². The van der Waals surface area contributed by atoms with Crippen molar-refractivity contribution in [2.75, 3.05) is 37.7 Å². The van der Waals surface area contributed by atoms with Crippen LogP contribution in [-0.2, 0) is 9.53 Å². The number of nitrogens with zero attached hydrogens (tertiary/aromatic N) is 5. The second-order valence-electron chi connectivity index (χ2n) is 7.27. The zero-order chi connectivity index (χ0) is 16.8. The molecule has 0 bridgehead atoms. The molecule has 7 nitrogen and oxygen atoms in total. The molecule has 0 unspecified atom stereocenters. The van der Waals surface area contributed by atoms with Crippen molar-refractivity contribution >= 4 is 17.2 Å². The van der Waals surface area contributed by atoms with Gasteiger partial charge in [-0.3, -0.25) is 4.79 Å². The van der Waals surface area contributed by atoms with E-state index in [9.17, 15) is 4.79 Å². The van der Waals surface area contributed by atoms with Crippen molar-refractivity contribution in [2.45, 2.75) is 31.8 Å². The highest BCUT2D eigenvalue weighted by atomic mass is 16.5. The Bertz CT molecular complexity index is 794. The van der Waals surface area contributed by atoms with Gasteiger partial charge >= 0.3 is 0 Å². The number of hydrogen-bond donors (Lipinski definition) is 0. The average Bonchev–Trinajstić information content (AvgIpc) is 3.18. The van der Waals surface area contributed by atoms with Crippen LogP contribution in [0.5, 0.6) is 0 Å². The summed E-state index contributed by atoms with van der Waals surface area (Å²) in [7, 11) is 0. The summed E-state index contributed by atoms with van der Waals surface area (Å²) in [6, 6.07) is 4.13. The van der Waals surface area contributed by atoms with Crippen LogP contribution in [0.3, 0.4) is 0 Å². The third-order valence-corrected chi connectivity index (χ3v) is 5.40. The molecule has 132 valence electrons. The predicted octanol–water partition coefficient (Wildman–Crippen LogP) is 1.64. The number of carbonyl (C=O) groups excluding carboxylic acids is 1. The minimum atomic E-state index is -0.230. The Morgan fingerprint density at radius 1 is 1.16 bits per heavy atom. The Morgan fingerprint density at radius 3 is 2.80 bits per heavy atom. The van der Waals surface area contributed by atoms with Gasteiger partial charge in [-0.15, -0.1) is 5.10 Å². The Labute approximate surface area is 146 Å². The zero-order valence-corrected chi connectivity index (χ0v) is 14.3. The lowest BCUT2D eigenvalue weighted by molar-refractivity contribution is -0.140. The molecule has 2 aromatic rings. The van der Waals surface area contributed by atoms with E-state index in [1.165, 1.54) is 18.5 Å². The Morgan fingerprint density at radius 2 is 2.00 bits per heavy atom. The minimum Gasteiger partial charge on any atom is -0.370 e. The van der Waals surface area contributed by atoms with E-state index in [1.807, 2.05) is 21.7 Å². The van der Waals surface area contributed by atoms with E-state index in [4.69, 9.17) is 4.74 Å². The van der Waals surface area contributed by atoms with E-state index in [2.05, 4.69) is 21.0 Å². The average molecular weight is 341 g/mol. The maximum atomic E-state index is 12.3. The van der Waals surface area contributed by atoms with Crippen LogP contribution in [0.4, 0.5) is 5.69 Å². The van der Waals surface area contributed by atoms with Gasteiger partial charge in [0.15, 0.2) is 11.5 Å². The number of ether oxygens (including phenoxy) is 1. The number of hydrogen-bond acceptors (Lipinski definition) is 5. The predicted molar refractivity (Wildman–Crippen MR) is 92.4 cm³/mol. The Hall–Kier alpha value is -2.15. The normalized spacial score (nSPS) is 24.2. The molecule has 1 atom stereocenters. The van der Waals surface area contributed by atoms with Gasteiger partial charge < -0.3 is 14.5 Å². The molecule has 5 rings (SSSR count). The lowest BCUT2D eigenvalue weighted by Gasteiger charge is -2.31. The molecule has 4 heterocycles. The maximum Gasteiger partial charge on any atom is 0.225 e. The molecule has 0 spiro atoms. The third-order valence-electron chi connectivity index (χ3n) is 5.40. The molecule has 1 aliphatic carbocycles. The number of morpholine rings is 1. The van der Waals surface area contributed by atoms with Gasteiger partial charge in [-0.05, 0) is 37.8 Å². The first-order chi connectivity index (χ1) is 12.3. The molecule has 3 fully saturated rings. The lowest BCUT2D eigenvalue weighted by atomic mass is 10.2. The van der Waals surface area contributed by atoms with E-state index < -0.39 is 0 Å². The van der Waals surface area contributed by atoms with Crippen molar-refractivity contribution in [3.05, 3.63) is 24.2 Å². The number of anilines is 1. The summed E-state index contributed by atoms with van der Waals surface area (Å²) in [6.07, 6.45) is 6.39. The molecule has 2 saturated heterocycles. The van der Waals surface area contributed by atoms with E-state index in [0.717, 1.165) is 31.6 Å². The fourth-order valence-electron chi connectivity index (χ4n) is 3.78. The van der Waals surface area contributed by atoms with Crippen molar-refractivity contribution in [1.82, 2.24) is 19.5 Å². The molecule has 25 heavy (non-hydrogen) atoms. The largest absolute Gasteiger partial charge is 0.370 e. The van der Waals surface area contributed by atoms with Gasteiger partial charge in [0.1, 0.15) is 6.10 Å². The fourth-order valence-corrected chi connectivity index (χ4v) is 3.78. The summed E-state index contributed by atoms with van der Waals surface area (Å²) in [6.45, 7) is 4.01. The fraction of sp³-hybridized carbons (Fsp3) is 0.611. The maximum absolute atomic E-state index is 12.3. The molecule has 0 aromatic carbocycles. The molecular weight excluding hydrogens is 318 g/mol. The highest BCUT2D eigenvalue weighted by Crippen LogP contribution is 2.32. The highest BCUT2D eigenvalue weighted by Gasteiger charge is 2.36. The second kappa shape index (κ2) is 5.98. The number of carbonyl (C=O) groups is 1. The molecule has 0 radical (unpaired) electrons. The Balaban J connectivity index is 1.37. The highest BCUT2D eigenvalue weighted by molar-refractivity contribution is 5.81. The summed E-state index contributed by atoms with van der Waals surface area (Å²) >= 11 is 0. The summed E-state index contributed by atoms with van der Waals surface area (Å²) in [5.41, 5.74) is 2.02. The summed E-state index contributed by atoms with van der Waals surface area (Å²) < 4.78 is 7.70. The van der Waals surface area contributed by atoms with Crippen LogP contribution >= 0.6 is 0 Å². The molecule has 3 aliphatic rings. The summed E-state index contributed by atoms with van der Waals surface area (Å²) in [5.74, 6) is 1.19. The molecule has 2 aromatic heterocycles. The number of pyridine rings is 1. The van der Waals surface area contributed by atoms with Crippen LogP contribution in [0.15, 0.2) is 18.3 Å². The second-order valence-corrected chi connectivity index (χ2v) is 7.27. The van der Waals surface area contributed by atoms with Crippen LogP contribution in [0.1, 0.15) is 37.6 Å². The van der Waals surface area contributed by atoms with Gasteiger partial charge in [0.25, 0.3) is 0 Å². The SMILES string of the molecule is O=C(C1CC1)N1CCO[C@H](c2nc3ccc(N4CCCC4)cn3n2)C1. The number of amides is 1. The van der Waals surface area contributed by atoms with Crippen LogP contribution < -0.4 is 4.90 Å². The Kier molecular flexibility index (Phi) is 3.62. The molecule has 7 heteroatoms. The van der Waals surface area contributed by atoms with Crippen molar-refractivity contribution in [1.29, 1.82) is 0 Å². The summed E-state index contributed by atoms with van der Waals surface area (Å²) in [4.78, 5) is 21.3. The van der Waals surface area contributed by atoms with E-state index in [0.29, 0.717) is 25.5 Å². The molecule has 1 saturated carbocycles. The van der Waals surface area contributed by atoms with Gasteiger partial charge in [0.2, 0.25) is 5.91 Å². The van der Waals surface area contributed by atoms with Crippen molar-refractivity contribution in [3.8, 4) is 0 Å². The van der Waals surface area contributed by atoms with E-state index in [1.54, 1.807) is 0 Å². The zero-order valence-electron chi connectivity index (χ0n) is 14.3. The van der Waals surface area contributed by atoms with Gasteiger partial charge in [-0.1, -0.05) is 0 Å². The molecule has 0 N–H and O–H groups in total. The topological polar surface area (TPSA) is 63.0 Å². The quantitative estimate of drug-likeness (QED) is 0.849. The standard InChI is InChI=1S/C18H23N5O2/c24-18(13-3-4-13)22-9-10-25-15(12-22)17-19-16-6-5-14(11-23(16)20-17)21-7-1-2-8-21/h5-6,11,13,15H,1-4,7-10,12H2/t15-/m0/s1. The molecular formula is C18H23N5O2. The van der Waals surface area contributed by atoms with Crippen LogP contribution in [0.2, 0.25) is 0 Å². The first-order valence-electron chi connectivity index (χ1n) is 9.29. The van der Waals surface area contributed by atoms with Crippen molar-refractivity contribution < 1.29 is 9.53 Å². The smallest absolute Gasteiger partial charge is 0.225 e. The van der Waals surface area contributed by atoms with Gasteiger partial charge in [0, 0.05) is 25.6 Å². The number of fused-ring (bicyclic) bond motifs is 1.